The van der Waals surface area contributed by atoms with Gasteiger partial charge in [-0.3, -0.25) is 4.79 Å². The molecule has 8 nitrogen and oxygen atoms in total. The van der Waals surface area contributed by atoms with Gasteiger partial charge in [0.25, 0.3) is 5.56 Å². The maximum Gasteiger partial charge on any atom is 0.416 e. The van der Waals surface area contributed by atoms with Gasteiger partial charge in [-0.25, -0.2) is 9.89 Å². The summed E-state index contributed by atoms with van der Waals surface area (Å²) in [5.74, 6) is 0.346. The quantitative estimate of drug-likeness (QED) is 0.366. The highest BCUT2D eigenvalue weighted by Crippen LogP contribution is 2.35. The fraction of sp³-hybridized carbons (Fsp3) is 0.444. The van der Waals surface area contributed by atoms with E-state index in [0.29, 0.717) is 35.2 Å². The molecule has 0 bridgehead atoms. The van der Waals surface area contributed by atoms with E-state index in [0.717, 1.165) is 30.5 Å². The van der Waals surface area contributed by atoms with Crippen molar-refractivity contribution < 1.29 is 22.7 Å². The number of rotatable bonds is 4. The van der Waals surface area contributed by atoms with E-state index in [4.69, 9.17) is 10.5 Å². The highest BCUT2D eigenvalue weighted by molar-refractivity contribution is 5.91. The van der Waals surface area contributed by atoms with Crippen LogP contribution in [-0.2, 0) is 10.9 Å². The van der Waals surface area contributed by atoms with Crippen LogP contribution in [0.3, 0.4) is 0 Å². The number of nitrogen functional groups attached to an aromatic ring is 1. The second-order valence-corrected chi connectivity index (χ2v) is 10.7. The average Bonchev–Trinajstić information content (AvgIpc) is 2.83. The third-order valence-corrected chi connectivity index (χ3v) is 6.52. The number of carbonyl (C=O) groups excluding carboxylic acids is 1. The highest BCUT2D eigenvalue weighted by atomic mass is 19.4. The number of nitrogens with zero attached hydrogens (tertiary/aromatic N) is 2. The fourth-order valence-corrected chi connectivity index (χ4v) is 4.67. The molecule has 0 saturated carbocycles. The summed E-state index contributed by atoms with van der Waals surface area (Å²) in [7, 11) is 0. The number of hydrogen-bond acceptors (Lipinski definition) is 6. The smallest absolute Gasteiger partial charge is 0.416 e. The van der Waals surface area contributed by atoms with Gasteiger partial charge in [-0.1, -0.05) is 6.07 Å². The summed E-state index contributed by atoms with van der Waals surface area (Å²) < 4.78 is 45.5. The lowest BCUT2D eigenvalue weighted by atomic mass is 9.89. The van der Waals surface area contributed by atoms with Gasteiger partial charge >= 0.3 is 12.3 Å². The van der Waals surface area contributed by atoms with E-state index >= 15 is 0 Å². The van der Waals surface area contributed by atoms with Gasteiger partial charge in [-0.2, -0.15) is 18.3 Å². The molecule has 0 aliphatic carbocycles. The molecule has 0 radical (unpaired) electrons. The number of amides is 1. The predicted octanol–water partition coefficient (Wildman–Crippen LogP) is 5.81. The van der Waals surface area contributed by atoms with Crippen LogP contribution in [0.1, 0.15) is 69.2 Å². The summed E-state index contributed by atoms with van der Waals surface area (Å²) in [6.45, 7) is 8.23. The molecular formula is C27H32F3N5O3. The number of fused-ring (bicyclic) bond motifs is 1. The molecule has 2 aromatic carbocycles. The van der Waals surface area contributed by atoms with Crippen LogP contribution < -0.4 is 16.6 Å². The lowest BCUT2D eigenvalue weighted by Crippen LogP contribution is -2.42. The van der Waals surface area contributed by atoms with Gasteiger partial charge in [0.1, 0.15) is 5.60 Å². The minimum atomic E-state index is -4.53. The first-order chi connectivity index (χ1) is 17.7. The first-order valence-corrected chi connectivity index (χ1v) is 12.5. The van der Waals surface area contributed by atoms with Gasteiger partial charge in [-0.15, -0.1) is 0 Å². The van der Waals surface area contributed by atoms with Crippen molar-refractivity contribution in [1.82, 2.24) is 15.1 Å². The molecule has 1 amide bonds. The Balaban J connectivity index is 1.63. The molecule has 1 aliphatic rings. The van der Waals surface area contributed by atoms with Crippen molar-refractivity contribution in [2.24, 2.45) is 0 Å². The van der Waals surface area contributed by atoms with Crippen LogP contribution in [0.4, 0.5) is 29.5 Å². The number of carbonyl (C=O) groups is 1. The van der Waals surface area contributed by atoms with Crippen molar-refractivity contribution in [2.45, 2.75) is 64.3 Å². The molecule has 204 valence electrons. The molecule has 11 heteroatoms. The number of nitrogens with one attached hydrogen (secondary N) is 2. The molecule has 1 aliphatic heterocycles. The third kappa shape index (κ3) is 6.20. The third-order valence-electron chi connectivity index (χ3n) is 6.52. The average molecular weight is 532 g/mol. The SMILES string of the molecule is CC(Nc1n[nH]c(=O)c2ccc(C3CCCN(C(=O)OC(C)(C)C)C3)cc12)c1cc(N)cc(C(F)(F)F)c1. The summed E-state index contributed by atoms with van der Waals surface area (Å²) in [6.07, 6.45) is -3.24. The number of H-pyrrole nitrogens is 1. The van der Waals surface area contributed by atoms with Crippen LogP contribution in [0.2, 0.25) is 0 Å². The second-order valence-electron chi connectivity index (χ2n) is 10.7. The van der Waals surface area contributed by atoms with E-state index < -0.39 is 23.4 Å². The first kappa shape index (κ1) is 27.3. The highest BCUT2D eigenvalue weighted by Gasteiger charge is 2.32. The van der Waals surface area contributed by atoms with Crippen LogP contribution in [0.25, 0.3) is 10.8 Å². The second kappa shape index (κ2) is 10.2. The number of nitrogens with two attached hydrogens (primary N) is 1. The van der Waals surface area contributed by atoms with Gasteiger partial charge in [0, 0.05) is 30.1 Å². The number of anilines is 2. The molecule has 2 atom stereocenters. The Bertz CT molecular complexity index is 1400. The first-order valence-electron chi connectivity index (χ1n) is 12.5. The molecule has 1 fully saturated rings. The number of aromatic nitrogens is 2. The minimum Gasteiger partial charge on any atom is -0.444 e. The van der Waals surface area contributed by atoms with Gasteiger partial charge in [0.2, 0.25) is 0 Å². The molecular weight excluding hydrogens is 499 g/mol. The van der Waals surface area contributed by atoms with E-state index in [2.05, 4.69) is 15.5 Å². The van der Waals surface area contributed by atoms with Crippen LogP contribution in [0, 0.1) is 0 Å². The number of alkyl halides is 3. The number of likely N-dealkylation sites (tertiary alicyclic amines) is 1. The van der Waals surface area contributed by atoms with Crippen LogP contribution >= 0.6 is 0 Å². The van der Waals surface area contributed by atoms with Gasteiger partial charge in [-0.05, 0) is 82.0 Å². The largest absolute Gasteiger partial charge is 0.444 e. The number of aromatic amines is 1. The normalized spacial score (nSPS) is 17.3. The zero-order valence-electron chi connectivity index (χ0n) is 21.8. The lowest BCUT2D eigenvalue weighted by Gasteiger charge is -2.34. The topological polar surface area (TPSA) is 113 Å². The fourth-order valence-electron chi connectivity index (χ4n) is 4.67. The maximum atomic E-state index is 13.3. The Morgan fingerprint density at radius 3 is 2.61 bits per heavy atom. The number of hydrogen-bond donors (Lipinski definition) is 3. The molecule has 38 heavy (non-hydrogen) atoms. The van der Waals surface area contributed by atoms with Crippen LogP contribution in [-0.4, -0.2) is 39.9 Å². The zero-order valence-corrected chi connectivity index (χ0v) is 21.8. The molecule has 2 heterocycles. The zero-order chi connectivity index (χ0) is 27.8. The molecule has 0 spiro atoms. The number of ether oxygens (including phenoxy) is 1. The summed E-state index contributed by atoms with van der Waals surface area (Å²) in [6, 6.07) is 8.23. The summed E-state index contributed by atoms with van der Waals surface area (Å²) in [5, 5.41) is 10.6. The van der Waals surface area contributed by atoms with Crippen molar-refractivity contribution in [3.63, 3.8) is 0 Å². The minimum absolute atomic E-state index is 0.00288. The molecule has 4 N–H and O–H groups in total. The maximum absolute atomic E-state index is 13.3. The molecule has 1 saturated heterocycles. The van der Waals surface area contributed by atoms with Gasteiger partial charge < -0.3 is 20.7 Å². The van der Waals surface area contributed by atoms with E-state index in [1.807, 2.05) is 32.9 Å². The Morgan fingerprint density at radius 1 is 1.18 bits per heavy atom. The molecule has 2 unspecified atom stereocenters. The van der Waals surface area contributed by atoms with Crippen molar-refractivity contribution >= 4 is 28.4 Å². The van der Waals surface area contributed by atoms with Crippen molar-refractivity contribution in [3.8, 4) is 0 Å². The Hall–Kier alpha value is -3.76. The van der Waals surface area contributed by atoms with Crippen molar-refractivity contribution in [3.05, 3.63) is 63.4 Å². The monoisotopic (exact) mass is 531 g/mol. The predicted molar refractivity (Wildman–Crippen MR) is 140 cm³/mol. The van der Waals surface area contributed by atoms with E-state index in [9.17, 15) is 22.8 Å². The van der Waals surface area contributed by atoms with Crippen molar-refractivity contribution in [1.29, 1.82) is 0 Å². The van der Waals surface area contributed by atoms with Crippen molar-refractivity contribution in [2.75, 3.05) is 24.1 Å². The Kier molecular flexibility index (Phi) is 7.31. The van der Waals surface area contributed by atoms with E-state index in [1.54, 1.807) is 17.9 Å². The Labute approximate surface area is 218 Å². The standard InChI is InChI=1S/C27H32F3N5O3/c1-15(18-10-19(27(28,29)30)13-20(31)11-18)32-23-22-12-16(7-8-21(22)24(36)34-33-23)17-6-5-9-35(14-17)25(37)38-26(2,3)4/h7-8,10-13,15,17H,5-6,9,14,31H2,1-4H3,(H,32,33)(H,34,36). The molecule has 4 rings (SSSR count). The lowest BCUT2D eigenvalue weighted by molar-refractivity contribution is -0.137. The van der Waals surface area contributed by atoms with E-state index in [-0.39, 0.29) is 23.3 Å². The van der Waals surface area contributed by atoms with E-state index in [1.165, 1.54) is 6.07 Å². The van der Waals surface area contributed by atoms with Crippen LogP contribution in [0.5, 0.6) is 0 Å². The molecule has 1 aromatic heterocycles. The number of benzene rings is 2. The van der Waals surface area contributed by atoms with Crippen LogP contribution in [0.15, 0.2) is 41.2 Å². The number of piperidine rings is 1. The molecule has 3 aromatic rings. The van der Waals surface area contributed by atoms with Gasteiger partial charge in [0.05, 0.1) is 17.0 Å². The summed E-state index contributed by atoms with van der Waals surface area (Å²) in [4.78, 5) is 26.8. The summed E-state index contributed by atoms with van der Waals surface area (Å²) >= 11 is 0. The van der Waals surface area contributed by atoms with Gasteiger partial charge in [0.15, 0.2) is 5.82 Å². The Morgan fingerprint density at radius 2 is 1.92 bits per heavy atom. The summed E-state index contributed by atoms with van der Waals surface area (Å²) in [5.41, 5.74) is 5.18. The number of halogens is 3.